The summed E-state index contributed by atoms with van der Waals surface area (Å²) in [5.41, 5.74) is 1.12. The van der Waals surface area contributed by atoms with Crippen LogP contribution in [0.3, 0.4) is 0 Å². The fourth-order valence-corrected chi connectivity index (χ4v) is 3.25. The van der Waals surface area contributed by atoms with Gasteiger partial charge in [-0.2, -0.15) is 0 Å². The Morgan fingerprint density at radius 2 is 1.81 bits per heavy atom. The maximum atomic E-state index is 12.3. The van der Waals surface area contributed by atoms with Gasteiger partial charge < -0.3 is 9.64 Å². The largest absolute Gasteiger partial charge is 0.370 e. The molecule has 0 N–H and O–H groups in total. The van der Waals surface area contributed by atoms with Gasteiger partial charge in [-0.15, -0.1) is 0 Å². The van der Waals surface area contributed by atoms with Crippen LogP contribution in [-0.2, 0) is 16.1 Å². The summed E-state index contributed by atoms with van der Waals surface area (Å²) < 4.78 is 5.83. The molecule has 1 saturated heterocycles. The van der Waals surface area contributed by atoms with Gasteiger partial charge >= 0.3 is 0 Å². The summed E-state index contributed by atoms with van der Waals surface area (Å²) >= 11 is 5.86. The normalized spacial score (nSPS) is 20.3. The van der Waals surface area contributed by atoms with Crippen LogP contribution in [0.4, 0.5) is 0 Å². The zero-order valence-corrected chi connectivity index (χ0v) is 13.0. The monoisotopic (exact) mass is 307 g/mol. The Kier molecular flexibility index (Phi) is 4.81. The van der Waals surface area contributed by atoms with E-state index in [1.165, 1.54) is 19.3 Å². The van der Waals surface area contributed by atoms with E-state index in [4.69, 9.17) is 16.3 Å². The van der Waals surface area contributed by atoms with Crippen molar-refractivity contribution in [2.24, 2.45) is 5.92 Å². The van der Waals surface area contributed by atoms with Crippen LogP contribution >= 0.6 is 11.6 Å². The Labute approximate surface area is 131 Å². The van der Waals surface area contributed by atoms with Crippen molar-refractivity contribution in [1.82, 2.24) is 4.90 Å². The lowest BCUT2D eigenvalue weighted by atomic mass is 9.87. The quantitative estimate of drug-likeness (QED) is 0.850. The predicted molar refractivity (Wildman–Crippen MR) is 83.2 cm³/mol. The second-order valence-electron chi connectivity index (χ2n) is 6.14. The third-order valence-corrected chi connectivity index (χ3v) is 4.77. The summed E-state index contributed by atoms with van der Waals surface area (Å²) in [6, 6.07) is 7.71. The van der Waals surface area contributed by atoms with Crippen molar-refractivity contribution >= 4 is 17.5 Å². The lowest BCUT2D eigenvalue weighted by Gasteiger charge is -2.41. The molecule has 21 heavy (non-hydrogen) atoms. The Hall–Kier alpha value is -1.06. The number of carbonyl (C=O) groups excluding carboxylic acids is 1. The highest BCUT2D eigenvalue weighted by atomic mass is 35.5. The SMILES string of the molecule is O=C(C1CCCCC1)N1CC(OCc2ccc(Cl)cc2)C1. The second kappa shape index (κ2) is 6.80. The van der Waals surface area contributed by atoms with Gasteiger partial charge in [0, 0.05) is 24.0 Å². The van der Waals surface area contributed by atoms with E-state index in [9.17, 15) is 4.79 Å². The van der Waals surface area contributed by atoms with Gasteiger partial charge in [0.2, 0.25) is 5.91 Å². The van der Waals surface area contributed by atoms with Gasteiger partial charge in [-0.1, -0.05) is 43.0 Å². The number of carbonyl (C=O) groups is 1. The zero-order chi connectivity index (χ0) is 14.7. The topological polar surface area (TPSA) is 29.5 Å². The van der Waals surface area contributed by atoms with Gasteiger partial charge in [-0.05, 0) is 30.5 Å². The first kappa shape index (κ1) is 14.9. The molecule has 0 bridgehead atoms. The highest BCUT2D eigenvalue weighted by Gasteiger charge is 2.35. The summed E-state index contributed by atoms with van der Waals surface area (Å²) in [5, 5.41) is 0.742. The Balaban J connectivity index is 1.39. The third kappa shape index (κ3) is 3.78. The molecule has 0 unspecified atom stereocenters. The van der Waals surface area contributed by atoms with Crippen molar-refractivity contribution in [1.29, 1.82) is 0 Å². The molecule has 1 saturated carbocycles. The number of ether oxygens (including phenoxy) is 1. The van der Waals surface area contributed by atoms with Crippen LogP contribution in [0.5, 0.6) is 0 Å². The van der Waals surface area contributed by atoms with Crippen molar-refractivity contribution in [2.45, 2.75) is 44.8 Å². The second-order valence-corrected chi connectivity index (χ2v) is 6.57. The number of rotatable bonds is 4. The van der Waals surface area contributed by atoms with Crippen LogP contribution in [0.15, 0.2) is 24.3 Å². The molecule has 1 aliphatic carbocycles. The van der Waals surface area contributed by atoms with Crippen LogP contribution in [0.25, 0.3) is 0 Å². The van der Waals surface area contributed by atoms with Gasteiger partial charge in [0.25, 0.3) is 0 Å². The van der Waals surface area contributed by atoms with Gasteiger partial charge in [0.05, 0.1) is 12.7 Å². The van der Waals surface area contributed by atoms with Crippen LogP contribution in [-0.4, -0.2) is 30.0 Å². The van der Waals surface area contributed by atoms with Crippen LogP contribution in [0, 0.1) is 5.92 Å². The molecule has 4 heteroatoms. The average molecular weight is 308 g/mol. The molecule has 1 heterocycles. The minimum absolute atomic E-state index is 0.188. The molecule has 3 nitrogen and oxygen atoms in total. The molecule has 114 valence electrons. The zero-order valence-electron chi connectivity index (χ0n) is 12.3. The molecule has 0 spiro atoms. The maximum absolute atomic E-state index is 12.3. The lowest BCUT2D eigenvalue weighted by molar-refractivity contribution is -0.151. The van der Waals surface area contributed by atoms with Crippen molar-refractivity contribution in [3.8, 4) is 0 Å². The van der Waals surface area contributed by atoms with Gasteiger partial charge in [-0.25, -0.2) is 0 Å². The smallest absolute Gasteiger partial charge is 0.225 e. The number of amides is 1. The number of hydrogen-bond donors (Lipinski definition) is 0. The number of hydrogen-bond acceptors (Lipinski definition) is 2. The first-order chi connectivity index (χ1) is 10.2. The molecule has 2 fully saturated rings. The standard InChI is InChI=1S/C17H22ClNO2/c18-15-8-6-13(7-9-15)12-21-16-10-19(11-16)17(20)14-4-2-1-3-5-14/h6-9,14,16H,1-5,10-12H2. The van der Waals surface area contributed by atoms with E-state index < -0.39 is 0 Å². The van der Waals surface area contributed by atoms with Gasteiger partial charge in [-0.3, -0.25) is 4.79 Å². The Bertz CT molecular complexity index is 476. The fourth-order valence-electron chi connectivity index (χ4n) is 3.13. The van der Waals surface area contributed by atoms with E-state index in [1.807, 2.05) is 29.2 Å². The highest BCUT2D eigenvalue weighted by Crippen LogP contribution is 2.27. The number of halogens is 1. The molecule has 1 aliphatic heterocycles. The lowest BCUT2D eigenvalue weighted by Crippen LogP contribution is -2.56. The maximum Gasteiger partial charge on any atom is 0.225 e. The predicted octanol–water partition coefficient (Wildman–Crippen LogP) is 3.65. The molecule has 0 radical (unpaired) electrons. The number of benzene rings is 1. The first-order valence-corrected chi connectivity index (χ1v) is 8.25. The van der Waals surface area contributed by atoms with Crippen molar-refractivity contribution in [3.05, 3.63) is 34.9 Å². The summed E-state index contributed by atoms with van der Waals surface area (Å²) in [6.45, 7) is 2.10. The Morgan fingerprint density at radius 1 is 1.14 bits per heavy atom. The minimum Gasteiger partial charge on any atom is -0.370 e. The van der Waals surface area contributed by atoms with E-state index in [0.29, 0.717) is 12.5 Å². The summed E-state index contributed by atoms with van der Waals surface area (Å²) in [5.74, 6) is 0.622. The molecule has 1 aromatic rings. The van der Waals surface area contributed by atoms with E-state index in [2.05, 4.69) is 0 Å². The van der Waals surface area contributed by atoms with Crippen LogP contribution in [0.1, 0.15) is 37.7 Å². The van der Waals surface area contributed by atoms with E-state index in [0.717, 1.165) is 36.5 Å². The van der Waals surface area contributed by atoms with Crippen molar-refractivity contribution in [2.75, 3.05) is 13.1 Å². The molecular weight excluding hydrogens is 286 g/mol. The van der Waals surface area contributed by atoms with E-state index in [1.54, 1.807) is 0 Å². The van der Waals surface area contributed by atoms with Crippen LogP contribution in [0.2, 0.25) is 5.02 Å². The Morgan fingerprint density at radius 3 is 2.48 bits per heavy atom. The summed E-state index contributed by atoms with van der Waals surface area (Å²) in [7, 11) is 0. The minimum atomic E-state index is 0.188. The van der Waals surface area contributed by atoms with Gasteiger partial charge in [0.1, 0.15) is 0 Å². The van der Waals surface area contributed by atoms with Crippen molar-refractivity contribution < 1.29 is 9.53 Å². The molecule has 3 rings (SSSR count). The van der Waals surface area contributed by atoms with Crippen molar-refractivity contribution in [3.63, 3.8) is 0 Å². The summed E-state index contributed by atoms with van der Waals surface area (Å²) in [6.07, 6.45) is 6.04. The fraction of sp³-hybridized carbons (Fsp3) is 0.588. The van der Waals surface area contributed by atoms with Crippen LogP contribution < -0.4 is 0 Å². The van der Waals surface area contributed by atoms with E-state index in [-0.39, 0.29) is 12.0 Å². The van der Waals surface area contributed by atoms with Gasteiger partial charge in [0.15, 0.2) is 0 Å². The third-order valence-electron chi connectivity index (χ3n) is 4.51. The molecule has 1 amide bonds. The number of likely N-dealkylation sites (tertiary alicyclic amines) is 1. The molecular formula is C17H22ClNO2. The first-order valence-electron chi connectivity index (χ1n) is 7.87. The molecule has 2 aliphatic rings. The number of nitrogens with zero attached hydrogens (tertiary/aromatic N) is 1. The summed E-state index contributed by atoms with van der Waals surface area (Å²) in [4.78, 5) is 14.3. The highest BCUT2D eigenvalue weighted by molar-refractivity contribution is 6.30. The average Bonchev–Trinajstić information content (AvgIpc) is 2.48. The van der Waals surface area contributed by atoms with E-state index >= 15 is 0 Å². The molecule has 0 atom stereocenters. The molecule has 0 aromatic heterocycles. The molecule has 1 aromatic carbocycles.